The van der Waals surface area contributed by atoms with E-state index in [1.807, 2.05) is 24.3 Å². The zero-order chi connectivity index (χ0) is 19.6. The lowest BCUT2D eigenvalue weighted by atomic mass is 10.2. The third-order valence-electron chi connectivity index (χ3n) is 4.86. The van der Waals surface area contributed by atoms with Crippen LogP contribution >= 0.6 is 0 Å². The molecule has 28 heavy (non-hydrogen) atoms. The maximum Gasteiger partial charge on any atom is 0.251 e. The Balaban J connectivity index is 1.40. The highest BCUT2D eigenvalue weighted by molar-refractivity contribution is 7.89. The van der Waals surface area contributed by atoms with Crippen molar-refractivity contribution in [3.63, 3.8) is 0 Å². The molecule has 1 fully saturated rings. The van der Waals surface area contributed by atoms with Crippen LogP contribution in [0.2, 0.25) is 0 Å². The maximum atomic E-state index is 12.7. The van der Waals surface area contributed by atoms with Crippen LogP contribution < -0.4 is 14.8 Å². The zero-order valence-corrected chi connectivity index (χ0v) is 16.2. The SMILES string of the molecule is O=C(NCC1COc2ccccc2O1)c1cccc(S(=O)(=O)N2CCCC2)c1. The van der Waals surface area contributed by atoms with Gasteiger partial charge in [-0.3, -0.25) is 4.79 Å². The molecule has 1 atom stereocenters. The van der Waals surface area contributed by atoms with Gasteiger partial charge in [-0.15, -0.1) is 0 Å². The number of nitrogens with zero attached hydrogens (tertiary/aromatic N) is 1. The van der Waals surface area contributed by atoms with Crippen LogP contribution in [0.25, 0.3) is 0 Å². The van der Waals surface area contributed by atoms with E-state index in [4.69, 9.17) is 9.47 Å². The molecule has 1 unspecified atom stereocenters. The summed E-state index contributed by atoms with van der Waals surface area (Å²) < 4.78 is 38.3. The van der Waals surface area contributed by atoms with Crippen molar-refractivity contribution < 1.29 is 22.7 Å². The Morgan fingerprint density at radius 2 is 1.82 bits per heavy atom. The second-order valence-corrected chi connectivity index (χ2v) is 8.78. The number of nitrogens with one attached hydrogen (secondary N) is 1. The van der Waals surface area contributed by atoms with Crippen molar-refractivity contribution in [1.82, 2.24) is 9.62 Å². The minimum Gasteiger partial charge on any atom is -0.486 e. The summed E-state index contributed by atoms with van der Waals surface area (Å²) in [5, 5.41) is 2.80. The average Bonchev–Trinajstić information content (AvgIpc) is 3.28. The quantitative estimate of drug-likeness (QED) is 0.827. The van der Waals surface area contributed by atoms with E-state index in [1.165, 1.54) is 16.4 Å². The molecule has 2 aromatic rings. The third kappa shape index (κ3) is 3.83. The molecule has 1 amide bonds. The van der Waals surface area contributed by atoms with E-state index >= 15 is 0 Å². The molecule has 7 nitrogen and oxygen atoms in total. The van der Waals surface area contributed by atoms with Crippen molar-refractivity contribution in [1.29, 1.82) is 0 Å². The van der Waals surface area contributed by atoms with Gasteiger partial charge in [-0.2, -0.15) is 4.31 Å². The molecule has 0 saturated carbocycles. The molecule has 0 radical (unpaired) electrons. The molecule has 148 valence electrons. The van der Waals surface area contributed by atoms with Gasteiger partial charge in [0.1, 0.15) is 12.7 Å². The van der Waals surface area contributed by atoms with Crippen molar-refractivity contribution in [2.24, 2.45) is 0 Å². The van der Waals surface area contributed by atoms with Gasteiger partial charge in [-0.1, -0.05) is 18.2 Å². The summed E-state index contributed by atoms with van der Waals surface area (Å²) in [4.78, 5) is 12.7. The van der Waals surface area contributed by atoms with Gasteiger partial charge in [0.2, 0.25) is 10.0 Å². The number of hydrogen-bond acceptors (Lipinski definition) is 5. The van der Waals surface area contributed by atoms with Crippen LogP contribution in [0.3, 0.4) is 0 Å². The minimum absolute atomic E-state index is 0.147. The van der Waals surface area contributed by atoms with E-state index in [-0.39, 0.29) is 23.5 Å². The molecule has 0 spiro atoms. The van der Waals surface area contributed by atoms with Gasteiger partial charge in [-0.25, -0.2) is 8.42 Å². The van der Waals surface area contributed by atoms with Gasteiger partial charge in [-0.05, 0) is 43.2 Å². The lowest BCUT2D eigenvalue weighted by Gasteiger charge is -2.26. The fourth-order valence-corrected chi connectivity index (χ4v) is 4.91. The summed E-state index contributed by atoms with van der Waals surface area (Å²) in [7, 11) is -3.55. The summed E-state index contributed by atoms with van der Waals surface area (Å²) in [5.74, 6) is 0.984. The number of fused-ring (bicyclic) bond motifs is 1. The molecule has 2 aliphatic rings. The van der Waals surface area contributed by atoms with Crippen LogP contribution in [0.5, 0.6) is 11.5 Å². The zero-order valence-electron chi connectivity index (χ0n) is 15.3. The first kappa shape index (κ1) is 18.8. The monoisotopic (exact) mass is 402 g/mol. The van der Waals surface area contributed by atoms with Gasteiger partial charge in [0, 0.05) is 18.7 Å². The van der Waals surface area contributed by atoms with Crippen LogP contribution in [0, 0.1) is 0 Å². The molecule has 2 aromatic carbocycles. The van der Waals surface area contributed by atoms with Crippen LogP contribution in [0.4, 0.5) is 0 Å². The highest BCUT2D eigenvalue weighted by Gasteiger charge is 2.28. The topological polar surface area (TPSA) is 84.9 Å². The molecule has 4 rings (SSSR count). The predicted molar refractivity (Wildman–Crippen MR) is 103 cm³/mol. The van der Waals surface area contributed by atoms with Gasteiger partial charge >= 0.3 is 0 Å². The van der Waals surface area contributed by atoms with E-state index in [9.17, 15) is 13.2 Å². The molecule has 2 heterocycles. The van der Waals surface area contributed by atoms with Crippen LogP contribution in [-0.2, 0) is 10.0 Å². The highest BCUT2D eigenvalue weighted by atomic mass is 32.2. The largest absolute Gasteiger partial charge is 0.486 e. The summed E-state index contributed by atoms with van der Waals surface area (Å²) in [6, 6.07) is 13.5. The van der Waals surface area contributed by atoms with Crippen LogP contribution in [0.15, 0.2) is 53.4 Å². The summed E-state index contributed by atoms with van der Waals surface area (Å²) in [6.07, 6.45) is 1.42. The first-order valence-corrected chi connectivity index (χ1v) is 10.7. The second kappa shape index (κ2) is 7.81. The number of carbonyl (C=O) groups excluding carboxylic acids is 1. The molecule has 0 aliphatic carbocycles. The number of amides is 1. The van der Waals surface area contributed by atoms with E-state index in [0.717, 1.165) is 12.8 Å². The van der Waals surface area contributed by atoms with Crippen molar-refractivity contribution >= 4 is 15.9 Å². The Kier molecular flexibility index (Phi) is 5.23. The first-order valence-electron chi connectivity index (χ1n) is 9.31. The Morgan fingerprint density at radius 1 is 1.07 bits per heavy atom. The van der Waals surface area contributed by atoms with Crippen molar-refractivity contribution in [2.75, 3.05) is 26.2 Å². The van der Waals surface area contributed by atoms with Crippen molar-refractivity contribution in [3.8, 4) is 11.5 Å². The lowest BCUT2D eigenvalue weighted by Crippen LogP contribution is -2.40. The summed E-state index contributed by atoms with van der Waals surface area (Å²) in [5.41, 5.74) is 0.303. The third-order valence-corrected chi connectivity index (χ3v) is 6.75. The summed E-state index contributed by atoms with van der Waals surface area (Å²) >= 11 is 0. The molecule has 8 heteroatoms. The maximum absolute atomic E-state index is 12.7. The number of rotatable bonds is 5. The average molecular weight is 402 g/mol. The molecule has 1 N–H and O–H groups in total. The Bertz CT molecular complexity index is 970. The van der Waals surface area contributed by atoms with Crippen LogP contribution in [-0.4, -0.2) is 51.0 Å². The van der Waals surface area contributed by atoms with Gasteiger partial charge < -0.3 is 14.8 Å². The highest BCUT2D eigenvalue weighted by Crippen LogP contribution is 2.30. The smallest absolute Gasteiger partial charge is 0.251 e. The number of sulfonamides is 1. The number of carbonyl (C=O) groups is 1. The lowest BCUT2D eigenvalue weighted by molar-refractivity contribution is 0.0789. The van der Waals surface area contributed by atoms with Gasteiger partial charge in [0.15, 0.2) is 11.5 Å². The number of ether oxygens (including phenoxy) is 2. The second-order valence-electron chi connectivity index (χ2n) is 6.85. The van der Waals surface area contributed by atoms with E-state index < -0.39 is 10.0 Å². The number of hydrogen-bond donors (Lipinski definition) is 1. The Morgan fingerprint density at radius 3 is 2.61 bits per heavy atom. The van der Waals surface area contributed by atoms with Gasteiger partial charge in [0.05, 0.1) is 11.4 Å². The van der Waals surface area contributed by atoms with Gasteiger partial charge in [0.25, 0.3) is 5.91 Å². The van der Waals surface area contributed by atoms with E-state index in [0.29, 0.717) is 36.8 Å². The summed E-state index contributed by atoms with van der Waals surface area (Å²) in [6.45, 7) is 1.65. The predicted octanol–water partition coefficient (Wildman–Crippen LogP) is 2.04. The standard InChI is InChI=1S/C20H22N2O5S/c23-20(21-13-16-14-26-18-8-1-2-9-19(18)27-16)15-6-5-7-17(12-15)28(24,25)22-10-3-4-11-22/h1-2,5-9,12,16H,3-4,10-11,13-14H2,(H,21,23). The molecule has 0 aromatic heterocycles. The van der Waals surface area contributed by atoms with E-state index in [1.54, 1.807) is 12.1 Å². The molecular weight excluding hydrogens is 380 g/mol. The fraction of sp³-hybridized carbons (Fsp3) is 0.350. The molecule has 1 saturated heterocycles. The minimum atomic E-state index is -3.55. The Labute approximate surface area is 164 Å². The normalized spacial score (nSPS) is 19.4. The van der Waals surface area contributed by atoms with Crippen molar-refractivity contribution in [3.05, 3.63) is 54.1 Å². The van der Waals surface area contributed by atoms with Crippen molar-refractivity contribution in [2.45, 2.75) is 23.8 Å². The first-order chi connectivity index (χ1) is 13.5. The Hall–Kier alpha value is -2.58. The van der Waals surface area contributed by atoms with E-state index in [2.05, 4.69) is 5.32 Å². The molecule has 2 aliphatic heterocycles. The van der Waals surface area contributed by atoms with Crippen LogP contribution in [0.1, 0.15) is 23.2 Å². The molecular formula is C20H22N2O5S. The number of para-hydroxylation sites is 2. The number of benzene rings is 2. The molecule has 0 bridgehead atoms. The fourth-order valence-electron chi connectivity index (χ4n) is 3.35.